The molecule has 0 spiro atoms. The summed E-state index contributed by atoms with van der Waals surface area (Å²) in [4.78, 5) is 0. The highest BCUT2D eigenvalue weighted by Crippen LogP contribution is 2.18. The Bertz CT molecular complexity index is 299. The highest BCUT2D eigenvalue weighted by Gasteiger charge is 2.16. The van der Waals surface area contributed by atoms with E-state index in [1.54, 1.807) is 7.11 Å². The van der Waals surface area contributed by atoms with Crippen molar-refractivity contribution in [3.05, 3.63) is 29.8 Å². The van der Waals surface area contributed by atoms with Crippen LogP contribution >= 0.6 is 11.8 Å². The smallest absolute Gasteiger partial charge is 0.119 e. The van der Waals surface area contributed by atoms with E-state index in [1.165, 1.54) is 17.1 Å². The second-order valence-corrected chi connectivity index (χ2v) is 4.54. The maximum absolute atomic E-state index is 5.17. The Labute approximate surface area is 89.0 Å². The summed E-state index contributed by atoms with van der Waals surface area (Å²) < 4.78 is 5.17. The second kappa shape index (κ2) is 4.71. The number of ether oxygens (including phenoxy) is 1. The van der Waals surface area contributed by atoms with E-state index in [2.05, 4.69) is 17.4 Å². The van der Waals surface area contributed by atoms with E-state index in [4.69, 9.17) is 4.74 Å². The number of rotatable bonds is 4. The first-order valence-corrected chi connectivity index (χ1v) is 5.98. The van der Waals surface area contributed by atoms with Gasteiger partial charge in [-0.1, -0.05) is 12.1 Å². The zero-order chi connectivity index (χ0) is 9.80. The molecule has 0 atom stereocenters. The molecule has 14 heavy (non-hydrogen) atoms. The number of hydrogen-bond donors (Lipinski definition) is 1. The summed E-state index contributed by atoms with van der Waals surface area (Å²) in [5.74, 6) is 3.45. The van der Waals surface area contributed by atoms with Crippen LogP contribution in [0.1, 0.15) is 5.56 Å². The van der Waals surface area contributed by atoms with Gasteiger partial charge in [-0.25, -0.2) is 0 Å². The van der Waals surface area contributed by atoms with Crippen LogP contribution < -0.4 is 10.1 Å². The van der Waals surface area contributed by atoms with Crippen LogP contribution in [0.5, 0.6) is 5.75 Å². The second-order valence-electron chi connectivity index (χ2n) is 3.47. The van der Waals surface area contributed by atoms with Gasteiger partial charge >= 0.3 is 0 Å². The fourth-order valence-corrected chi connectivity index (χ4v) is 2.11. The quantitative estimate of drug-likeness (QED) is 0.818. The van der Waals surface area contributed by atoms with E-state index in [-0.39, 0.29) is 0 Å². The Kier molecular flexibility index (Phi) is 3.32. The lowest BCUT2D eigenvalue weighted by Gasteiger charge is -2.26. The SMILES string of the molecule is COc1cccc(CNC2CSC2)c1. The molecule has 1 aromatic rings. The number of hydrogen-bond acceptors (Lipinski definition) is 3. The van der Waals surface area contributed by atoms with Crippen LogP contribution in [0.2, 0.25) is 0 Å². The fraction of sp³-hybridized carbons (Fsp3) is 0.455. The number of thioether (sulfide) groups is 1. The molecule has 0 bridgehead atoms. The molecular weight excluding hydrogens is 194 g/mol. The van der Waals surface area contributed by atoms with Gasteiger partial charge in [-0.3, -0.25) is 0 Å². The van der Waals surface area contributed by atoms with Gasteiger partial charge in [0.2, 0.25) is 0 Å². The Morgan fingerprint density at radius 2 is 2.36 bits per heavy atom. The van der Waals surface area contributed by atoms with Crippen molar-refractivity contribution >= 4 is 11.8 Å². The Hall–Kier alpha value is -0.670. The summed E-state index contributed by atoms with van der Waals surface area (Å²) >= 11 is 2.00. The zero-order valence-corrected chi connectivity index (χ0v) is 9.14. The minimum Gasteiger partial charge on any atom is -0.497 e. The molecule has 0 saturated carbocycles. The van der Waals surface area contributed by atoms with Crippen LogP contribution in [0.25, 0.3) is 0 Å². The van der Waals surface area contributed by atoms with Gasteiger partial charge in [-0.2, -0.15) is 11.8 Å². The van der Waals surface area contributed by atoms with Gasteiger partial charge in [0.15, 0.2) is 0 Å². The molecule has 0 radical (unpaired) electrons. The topological polar surface area (TPSA) is 21.3 Å². The standard InChI is InChI=1S/C11H15NOS/c1-13-11-4-2-3-9(5-11)6-12-10-7-14-8-10/h2-5,10,12H,6-8H2,1H3. The van der Waals surface area contributed by atoms with Crippen LogP contribution in [-0.4, -0.2) is 24.7 Å². The summed E-state index contributed by atoms with van der Waals surface area (Å²) in [6, 6.07) is 8.93. The summed E-state index contributed by atoms with van der Waals surface area (Å²) in [5.41, 5.74) is 1.29. The van der Waals surface area contributed by atoms with E-state index >= 15 is 0 Å². The van der Waals surface area contributed by atoms with Crippen molar-refractivity contribution in [2.24, 2.45) is 0 Å². The first-order valence-electron chi connectivity index (χ1n) is 4.82. The molecule has 1 aliphatic heterocycles. The van der Waals surface area contributed by atoms with Gasteiger partial charge in [0.25, 0.3) is 0 Å². The summed E-state index contributed by atoms with van der Waals surface area (Å²) in [5, 5.41) is 3.51. The molecule has 1 N–H and O–H groups in total. The molecular formula is C11H15NOS. The molecule has 2 rings (SSSR count). The molecule has 0 aliphatic carbocycles. The van der Waals surface area contributed by atoms with Gasteiger partial charge < -0.3 is 10.1 Å². The van der Waals surface area contributed by atoms with Crippen molar-refractivity contribution in [2.45, 2.75) is 12.6 Å². The van der Waals surface area contributed by atoms with Crippen LogP contribution in [0.4, 0.5) is 0 Å². The molecule has 0 amide bonds. The normalized spacial score (nSPS) is 16.4. The average molecular weight is 209 g/mol. The van der Waals surface area contributed by atoms with E-state index in [1.807, 2.05) is 23.9 Å². The molecule has 1 heterocycles. The van der Waals surface area contributed by atoms with Crippen LogP contribution in [0.15, 0.2) is 24.3 Å². The molecule has 3 heteroatoms. The van der Waals surface area contributed by atoms with Crippen molar-refractivity contribution in [3.63, 3.8) is 0 Å². The largest absolute Gasteiger partial charge is 0.497 e. The summed E-state index contributed by atoms with van der Waals surface area (Å²) in [6.45, 7) is 0.947. The van der Waals surface area contributed by atoms with Crippen LogP contribution in [0.3, 0.4) is 0 Å². The zero-order valence-electron chi connectivity index (χ0n) is 8.32. The minimum absolute atomic E-state index is 0.714. The van der Waals surface area contributed by atoms with Gasteiger partial charge in [0, 0.05) is 24.1 Å². The third kappa shape index (κ3) is 2.42. The Morgan fingerprint density at radius 3 is 3.00 bits per heavy atom. The average Bonchev–Trinajstić information content (AvgIpc) is 2.16. The lowest BCUT2D eigenvalue weighted by molar-refractivity contribution is 0.414. The van der Waals surface area contributed by atoms with Crippen molar-refractivity contribution < 1.29 is 4.74 Å². The van der Waals surface area contributed by atoms with Crippen molar-refractivity contribution in [1.29, 1.82) is 0 Å². The molecule has 2 nitrogen and oxygen atoms in total. The first-order chi connectivity index (χ1) is 6.88. The van der Waals surface area contributed by atoms with E-state index < -0.39 is 0 Å². The van der Waals surface area contributed by atoms with Gasteiger partial charge in [-0.05, 0) is 17.7 Å². The molecule has 1 fully saturated rings. The van der Waals surface area contributed by atoms with Crippen molar-refractivity contribution in [3.8, 4) is 5.75 Å². The van der Waals surface area contributed by atoms with Gasteiger partial charge in [0.05, 0.1) is 7.11 Å². The number of methoxy groups -OCH3 is 1. The van der Waals surface area contributed by atoms with Gasteiger partial charge in [-0.15, -0.1) is 0 Å². The lowest BCUT2D eigenvalue weighted by atomic mass is 10.2. The lowest BCUT2D eigenvalue weighted by Crippen LogP contribution is -2.39. The van der Waals surface area contributed by atoms with Crippen molar-refractivity contribution in [1.82, 2.24) is 5.32 Å². The molecule has 76 valence electrons. The number of benzene rings is 1. The molecule has 0 unspecified atom stereocenters. The minimum atomic E-state index is 0.714. The monoisotopic (exact) mass is 209 g/mol. The highest BCUT2D eigenvalue weighted by atomic mass is 32.2. The van der Waals surface area contributed by atoms with E-state index in [0.29, 0.717) is 6.04 Å². The maximum atomic E-state index is 5.17. The molecule has 1 saturated heterocycles. The Balaban J connectivity index is 1.87. The van der Waals surface area contributed by atoms with E-state index in [0.717, 1.165) is 12.3 Å². The third-order valence-electron chi connectivity index (χ3n) is 2.37. The predicted molar refractivity (Wildman–Crippen MR) is 60.9 cm³/mol. The number of nitrogens with one attached hydrogen (secondary N) is 1. The molecule has 1 aromatic carbocycles. The van der Waals surface area contributed by atoms with E-state index in [9.17, 15) is 0 Å². The van der Waals surface area contributed by atoms with Gasteiger partial charge in [0.1, 0.15) is 5.75 Å². The maximum Gasteiger partial charge on any atom is 0.119 e. The molecule has 1 aliphatic rings. The first kappa shape index (κ1) is 9.87. The summed E-state index contributed by atoms with van der Waals surface area (Å²) in [7, 11) is 1.70. The third-order valence-corrected chi connectivity index (χ3v) is 3.64. The Morgan fingerprint density at radius 1 is 1.50 bits per heavy atom. The predicted octanol–water partition coefficient (Wildman–Crippen LogP) is 1.90. The molecule has 0 aromatic heterocycles. The van der Waals surface area contributed by atoms with Crippen LogP contribution in [-0.2, 0) is 6.54 Å². The van der Waals surface area contributed by atoms with Crippen molar-refractivity contribution in [2.75, 3.05) is 18.6 Å². The highest BCUT2D eigenvalue weighted by molar-refractivity contribution is 8.00. The van der Waals surface area contributed by atoms with Crippen LogP contribution in [0, 0.1) is 0 Å². The summed E-state index contributed by atoms with van der Waals surface area (Å²) in [6.07, 6.45) is 0. The fourth-order valence-electron chi connectivity index (χ4n) is 1.40.